The van der Waals surface area contributed by atoms with Crippen molar-refractivity contribution in [1.29, 1.82) is 0 Å². The largest absolute Gasteiger partial charge is 0.295 e. The van der Waals surface area contributed by atoms with Crippen LogP contribution in [-0.2, 0) is 6.42 Å². The molecule has 34 heavy (non-hydrogen) atoms. The van der Waals surface area contributed by atoms with Crippen LogP contribution in [0.5, 0.6) is 0 Å². The molecule has 1 fully saturated rings. The maximum Gasteiger partial charge on any atom is 0.166 e. The van der Waals surface area contributed by atoms with Gasteiger partial charge < -0.3 is 0 Å². The lowest BCUT2D eigenvalue weighted by Gasteiger charge is -2.33. The Labute approximate surface area is 199 Å². The molecule has 1 aliphatic heterocycles. The summed E-state index contributed by atoms with van der Waals surface area (Å²) >= 11 is 0. The van der Waals surface area contributed by atoms with Crippen molar-refractivity contribution in [3.05, 3.63) is 112 Å². The summed E-state index contributed by atoms with van der Waals surface area (Å²) < 4.78 is 41.4. The molecular formula is C30H28F3N. The van der Waals surface area contributed by atoms with Gasteiger partial charge in [-0.1, -0.05) is 66.7 Å². The van der Waals surface area contributed by atoms with E-state index in [4.69, 9.17) is 0 Å². The quantitative estimate of drug-likeness (QED) is 0.373. The highest BCUT2D eigenvalue weighted by atomic mass is 19.2. The fourth-order valence-electron chi connectivity index (χ4n) is 5.10. The van der Waals surface area contributed by atoms with Crippen LogP contribution in [-0.4, -0.2) is 31.2 Å². The standard InChI is InChI=1S/C30H28F3N/c31-16-5-17-34-19-22(20-34)18-21-12-14-24(15-13-21)29-25-8-2-1-6-23(25)7-3-9-26(29)27-10-4-11-28(32)30(27)33/h1-2,4,6,8,10-15,18H,3,5,7,9,16-17,19-20H2. The van der Waals surface area contributed by atoms with E-state index in [0.717, 1.165) is 60.3 Å². The minimum absolute atomic E-state index is 0.266. The lowest BCUT2D eigenvalue weighted by atomic mass is 9.87. The fourth-order valence-corrected chi connectivity index (χ4v) is 5.10. The van der Waals surface area contributed by atoms with Crippen molar-refractivity contribution in [3.63, 3.8) is 0 Å². The molecule has 0 atom stereocenters. The number of aryl methyl sites for hydroxylation is 1. The van der Waals surface area contributed by atoms with Crippen molar-refractivity contribution in [2.45, 2.75) is 25.7 Å². The fraction of sp³-hybridized carbons (Fsp3) is 0.267. The first kappa shape index (κ1) is 22.7. The van der Waals surface area contributed by atoms with Gasteiger partial charge in [-0.25, -0.2) is 8.78 Å². The number of nitrogens with zero attached hydrogens (tertiary/aromatic N) is 1. The van der Waals surface area contributed by atoms with E-state index in [9.17, 15) is 13.2 Å². The van der Waals surface area contributed by atoms with Crippen molar-refractivity contribution in [3.8, 4) is 0 Å². The van der Waals surface area contributed by atoms with E-state index in [1.54, 1.807) is 12.1 Å². The Hall–Kier alpha value is -3.11. The molecule has 1 aliphatic carbocycles. The van der Waals surface area contributed by atoms with E-state index >= 15 is 0 Å². The summed E-state index contributed by atoms with van der Waals surface area (Å²) in [6.07, 6.45) is 5.26. The molecule has 0 unspecified atom stereocenters. The predicted octanol–water partition coefficient (Wildman–Crippen LogP) is 7.32. The normalized spacial score (nSPS) is 16.1. The van der Waals surface area contributed by atoms with E-state index in [0.29, 0.717) is 18.4 Å². The Bertz CT molecular complexity index is 1230. The Morgan fingerprint density at radius 1 is 0.824 bits per heavy atom. The van der Waals surface area contributed by atoms with Crippen LogP contribution in [0.2, 0.25) is 0 Å². The van der Waals surface area contributed by atoms with Gasteiger partial charge >= 0.3 is 0 Å². The van der Waals surface area contributed by atoms with Crippen molar-refractivity contribution >= 4 is 17.2 Å². The second-order valence-electron chi connectivity index (χ2n) is 9.14. The molecule has 1 nitrogen and oxygen atoms in total. The van der Waals surface area contributed by atoms with Crippen LogP contribution < -0.4 is 0 Å². The van der Waals surface area contributed by atoms with Crippen LogP contribution in [0.1, 0.15) is 47.1 Å². The molecule has 3 aromatic carbocycles. The second-order valence-corrected chi connectivity index (χ2v) is 9.14. The molecule has 4 heteroatoms. The summed E-state index contributed by atoms with van der Waals surface area (Å²) in [5.41, 5.74) is 7.98. The SMILES string of the molecule is FCCCN1CC(=Cc2ccc(C3=C(c4cccc(F)c4F)CCCc4ccccc43)cc2)C1. The third-order valence-corrected chi connectivity index (χ3v) is 6.77. The number of rotatable bonds is 6. The highest BCUT2D eigenvalue weighted by Gasteiger charge is 2.23. The molecule has 2 aliphatic rings. The number of halogens is 3. The molecule has 0 N–H and O–H groups in total. The topological polar surface area (TPSA) is 3.24 Å². The molecule has 3 aromatic rings. The average molecular weight is 460 g/mol. The molecule has 0 saturated carbocycles. The number of likely N-dealkylation sites (tertiary alicyclic amines) is 1. The van der Waals surface area contributed by atoms with E-state index in [2.05, 4.69) is 47.4 Å². The number of fused-ring (bicyclic) bond motifs is 1. The van der Waals surface area contributed by atoms with Crippen LogP contribution in [0.15, 0.2) is 72.3 Å². The smallest absolute Gasteiger partial charge is 0.166 e. The van der Waals surface area contributed by atoms with Crippen molar-refractivity contribution in [1.82, 2.24) is 4.90 Å². The van der Waals surface area contributed by atoms with Gasteiger partial charge in [0, 0.05) is 25.2 Å². The number of alkyl halides is 1. The van der Waals surface area contributed by atoms with Crippen LogP contribution in [0.3, 0.4) is 0 Å². The number of hydrogen-bond acceptors (Lipinski definition) is 1. The summed E-state index contributed by atoms with van der Waals surface area (Å²) in [6, 6.07) is 21.0. The molecule has 5 rings (SSSR count). The average Bonchev–Trinajstić information content (AvgIpc) is 3.02. The maximum atomic E-state index is 14.9. The summed E-state index contributed by atoms with van der Waals surface area (Å²) in [7, 11) is 0. The predicted molar refractivity (Wildman–Crippen MR) is 133 cm³/mol. The lowest BCUT2D eigenvalue weighted by Crippen LogP contribution is -2.40. The van der Waals surface area contributed by atoms with Gasteiger partial charge in [0.05, 0.1) is 6.67 Å². The van der Waals surface area contributed by atoms with E-state index in [-0.39, 0.29) is 6.67 Å². The van der Waals surface area contributed by atoms with Gasteiger partial charge in [0.2, 0.25) is 0 Å². The first-order valence-electron chi connectivity index (χ1n) is 12.0. The summed E-state index contributed by atoms with van der Waals surface area (Å²) in [4.78, 5) is 2.24. The van der Waals surface area contributed by atoms with Gasteiger partial charge in [0.15, 0.2) is 11.6 Å². The van der Waals surface area contributed by atoms with Crippen molar-refractivity contribution < 1.29 is 13.2 Å². The second kappa shape index (κ2) is 10.0. The van der Waals surface area contributed by atoms with Gasteiger partial charge in [0.25, 0.3) is 0 Å². The first-order valence-corrected chi connectivity index (χ1v) is 12.0. The molecule has 0 amide bonds. The Kier molecular flexibility index (Phi) is 6.68. The molecular weight excluding hydrogens is 431 g/mol. The molecule has 0 aromatic heterocycles. The van der Waals surface area contributed by atoms with Gasteiger partial charge in [-0.2, -0.15) is 0 Å². The highest BCUT2D eigenvalue weighted by Crippen LogP contribution is 2.40. The van der Waals surface area contributed by atoms with Crippen LogP contribution in [0.4, 0.5) is 13.2 Å². The Morgan fingerprint density at radius 2 is 1.59 bits per heavy atom. The monoisotopic (exact) mass is 459 g/mol. The Morgan fingerprint density at radius 3 is 2.38 bits per heavy atom. The number of benzene rings is 3. The third-order valence-electron chi connectivity index (χ3n) is 6.77. The van der Waals surface area contributed by atoms with Crippen molar-refractivity contribution in [2.24, 2.45) is 0 Å². The minimum Gasteiger partial charge on any atom is -0.295 e. The third kappa shape index (κ3) is 4.60. The van der Waals surface area contributed by atoms with E-state index < -0.39 is 11.6 Å². The number of allylic oxidation sites excluding steroid dienone is 1. The van der Waals surface area contributed by atoms with Gasteiger partial charge in [0.1, 0.15) is 0 Å². The van der Waals surface area contributed by atoms with Crippen LogP contribution in [0.25, 0.3) is 17.2 Å². The zero-order chi connectivity index (χ0) is 23.5. The highest BCUT2D eigenvalue weighted by molar-refractivity contribution is 6.00. The van der Waals surface area contributed by atoms with Crippen molar-refractivity contribution in [2.75, 3.05) is 26.3 Å². The zero-order valence-corrected chi connectivity index (χ0v) is 19.2. The van der Waals surface area contributed by atoms with Crippen LogP contribution in [0, 0.1) is 11.6 Å². The van der Waals surface area contributed by atoms with Gasteiger partial charge in [-0.15, -0.1) is 0 Å². The minimum atomic E-state index is -0.815. The van der Waals surface area contributed by atoms with E-state index in [1.807, 2.05) is 12.1 Å². The molecule has 1 saturated heterocycles. The lowest BCUT2D eigenvalue weighted by molar-refractivity contribution is 0.239. The summed E-state index contributed by atoms with van der Waals surface area (Å²) in [5, 5.41) is 0. The maximum absolute atomic E-state index is 14.9. The van der Waals surface area contributed by atoms with Gasteiger partial charge in [-0.3, -0.25) is 9.29 Å². The number of hydrogen-bond donors (Lipinski definition) is 0. The molecule has 174 valence electrons. The summed E-state index contributed by atoms with van der Waals surface area (Å²) in [6.45, 7) is 2.32. The molecule has 0 spiro atoms. The zero-order valence-electron chi connectivity index (χ0n) is 19.2. The van der Waals surface area contributed by atoms with E-state index in [1.165, 1.54) is 17.2 Å². The first-order chi connectivity index (χ1) is 16.6. The van der Waals surface area contributed by atoms with Gasteiger partial charge in [-0.05, 0) is 70.7 Å². The molecule has 0 radical (unpaired) electrons. The Balaban J connectivity index is 1.52. The van der Waals surface area contributed by atoms with Crippen LogP contribution >= 0.6 is 0 Å². The molecule has 1 heterocycles. The molecule has 0 bridgehead atoms. The summed E-state index contributed by atoms with van der Waals surface area (Å²) in [5.74, 6) is -1.59.